The lowest BCUT2D eigenvalue weighted by atomic mass is 10.3. The van der Waals surface area contributed by atoms with Crippen molar-refractivity contribution in [3.05, 3.63) is 43.5 Å². The molecule has 1 aromatic rings. The molecule has 7 nitrogen and oxygen atoms in total. The second-order valence-electron chi connectivity index (χ2n) is 6.60. The van der Waals surface area contributed by atoms with Gasteiger partial charge in [-0.05, 0) is 12.1 Å². The van der Waals surface area contributed by atoms with Crippen molar-refractivity contribution in [1.29, 1.82) is 0 Å². The van der Waals surface area contributed by atoms with E-state index in [4.69, 9.17) is 9.47 Å². The smallest absolute Gasteiger partial charge is 0.243 e. The normalized spacial score (nSPS) is 16.1. The summed E-state index contributed by atoms with van der Waals surface area (Å²) in [6.45, 7) is 13.4. The summed E-state index contributed by atoms with van der Waals surface area (Å²) in [6, 6.07) is 4.70. The minimum absolute atomic E-state index is 0.224. The average molecular weight is 410 g/mol. The van der Waals surface area contributed by atoms with Crippen molar-refractivity contribution in [2.45, 2.75) is 4.90 Å². The molecule has 0 atom stereocenters. The highest BCUT2D eigenvalue weighted by Crippen LogP contribution is 2.30. The van der Waals surface area contributed by atoms with Crippen LogP contribution in [0.2, 0.25) is 0 Å². The molecule has 1 fully saturated rings. The predicted molar refractivity (Wildman–Crippen MR) is 112 cm³/mol. The quantitative estimate of drug-likeness (QED) is 0.518. The number of rotatable bonds is 11. The Morgan fingerprint density at radius 3 is 2.18 bits per heavy atom. The van der Waals surface area contributed by atoms with Gasteiger partial charge in [0.1, 0.15) is 0 Å². The van der Waals surface area contributed by atoms with Crippen LogP contribution in [0.25, 0.3) is 0 Å². The van der Waals surface area contributed by atoms with Gasteiger partial charge in [-0.1, -0.05) is 12.2 Å². The maximum absolute atomic E-state index is 13.0. The first-order valence-corrected chi connectivity index (χ1v) is 10.8. The Bertz CT molecular complexity index is 749. The van der Waals surface area contributed by atoms with Gasteiger partial charge in [-0.25, -0.2) is 8.42 Å². The Kier molecular flexibility index (Phi) is 8.50. The van der Waals surface area contributed by atoms with E-state index in [9.17, 15) is 8.42 Å². The van der Waals surface area contributed by atoms with Crippen molar-refractivity contribution >= 4 is 10.0 Å². The molecule has 0 bridgehead atoms. The summed E-state index contributed by atoms with van der Waals surface area (Å²) in [5.41, 5.74) is 0. The van der Waals surface area contributed by atoms with Gasteiger partial charge in [0, 0.05) is 58.4 Å². The van der Waals surface area contributed by atoms with Crippen molar-refractivity contribution in [3.63, 3.8) is 0 Å². The first kappa shape index (κ1) is 22.4. The van der Waals surface area contributed by atoms with E-state index < -0.39 is 10.0 Å². The Hall–Kier alpha value is -1.87. The second-order valence-corrected chi connectivity index (χ2v) is 8.54. The van der Waals surface area contributed by atoms with Gasteiger partial charge in [0.15, 0.2) is 11.5 Å². The average Bonchev–Trinajstić information content (AvgIpc) is 2.72. The fraction of sp³-hybridized carbons (Fsp3) is 0.500. The van der Waals surface area contributed by atoms with Crippen LogP contribution in [0.15, 0.2) is 48.4 Å². The Morgan fingerprint density at radius 2 is 1.64 bits per heavy atom. The molecule has 0 radical (unpaired) electrons. The standard InChI is InChI=1S/C20H31N3O4S/c1-5-9-21(10-6-2)11-12-22-13-15-23(16-14-22)28(24,25)18-7-8-19(26-3)20(17-18)27-4/h5-8,17H,1-2,9-16H2,3-4H3. The van der Waals surface area contributed by atoms with Crippen molar-refractivity contribution in [2.24, 2.45) is 0 Å². The second kappa shape index (κ2) is 10.6. The van der Waals surface area contributed by atoms with Gasteiger partial charge in [-0.15, -0.1) is 13.2 Å². The van der Waals surface area contributed by atoms with Crippen molar-refractivity contribution in [1.82, 2.24) is 14.1 Å². The third-order valence-corrected chi connectivity index (χ3v) is 6.73. The summed E-state index contributed by atoms with van der Waals surface area (Å²) >= 11 is 0. The number of sulfonamides is 1. The minimum Gasteiger partial charge on any atom is -0.493 e. The first-order valence-electron chi connectivity index (χ1n) is 9.35. The lowest BCUT2D eigenvalue weighted by Gasteiger charge is -2.35. The largest absolute Gasteiger partial charge is 0.493 e. The van der Waals surface area contributed by atoms with E-state index in [0.717, 1.165) is 26.2 Å². The monoisotopic (exact) mass is 409 g/mol. The number of ether oxygens (including phenoxy) is 2. The maximum Gasteiger partial charge on any atom is 0.243 e. The van der Waals surface area contributed by atoms with Crippen LogP contribution in [0.1, 0.15) is 0 Å². The molecule has 8 heteroatoms. The van der Waals surface area contributed by atoms with E-state index in [2.05, 4.69) is 23.0 Å². The molecule has 0 aromatic heterocycles. The molecule has 0 spiro atoms. The van der Waals surface area contributed by atoms with E-state index in [0.29, 0.717) is 37.7 Å². The summed E-state index contributed by atoms with van der Waals surface area (Å²) < 4.78 is 37.9. The van der Waals surface area contributed by atoms with Gasteiger partial charge in [-0.3, -0.25) is 9.80 Å². The molecule has 1 aromatic carbocycles. The molecule has 0 amide bonds. The molecule has 0 saturated carbocycles. The highest BCUT2D eigenvalue weighted by molar-refractivity contribution is 7.89. The molecule has 0 N–H and O–H groups in total. The van der Waals surface area contributed by atoms with E-state index in [1.54, 1.807) is 12.1 Å². The molecule has 2 rings (SSSR count). The van der Waals surface area contributed by atoms with Crippen LogP contribution in [0, 0.1) is 0 Å². The lowest BCUT2D eigenvalue weighted by Crippen LogP contribution is -2.50. The third-order valence-electron chi connectivity index (χ3n) is 4.83. The topological polar surface area (TPSA) is 62.3 Å². The van der Waals surface area contributed by atoms with Gasteiger partial charge < -0.3 is 9.47 Å². The fourth-order valence-corrected chi connectivity index (χ4v) is 4.66. The summed E-state index contributed by atoms with van der Waals surface area (Å²) in [5.74, 6) is 0.918. The number of benzene rings is 1. The molecule has 1 aliphatic rings. The Morgan fingerprint density at radius 1 is 1.04 bits per heavy atom. The number of piperazine rings is 1. The summed E-state index contributed by atoms with van der Waals surface area (Å²) in [5, 5.41) is 0. The predicted octanol–water partition coefficient (Wildman–Crippen LogP) is 1.68. The molecular weight excluding hydrogens is 378 g/mol. The molecule has 28 heavy (non-hydrogen) atoms. The van der Waals surface area contributed by atoms with Gasteiger partial charge in [0.2, 0.25) is 10.0 Å². The molecular formula is C20H31N3O4S. The molecule has 156 valence electrons. The van der Waals surface area contributed by atoms with Crippen molar-refractivity contribution < 1.29 is 17.9 Å². The van der Waals surface area contributed by atoms with Gasteiger partial charge in [-0.2, -0.15) is 4.31 Å². The number of methoxy groups -OCH3 is 2. The number of hydrogen-bond donors (Lipinski definition) is 0. The van der Waals surface area contributed by atoms with E-state index >= 15 is 0 Å². The molecule has 0 aliphatic carbocycles. The number of hydrogen-bond acceptors (Lipinski definition) is 6. The van der Waals surface area contributed by atoms with Crippen LogP contribution in [0.4, 0.5) is 0 Å². The van der Waals surface area contributed by atoms with Gasteiger partial charge in [0.05, 0.1) is 19.1 Å². The fourth-order valence-electron chi connectivity index (χ4n) is 3.22. The number of nitrogens with zero attached hydrogens (tertiary/aromatic N) is 3. The van der Waals surface area contributed by atoms with Crippen LogP contribution in [0.3, 0.4) is 0 Å². The highest BCUT2D eigenvalue weighted by Gasteiger charge is 2.29. The van der Waals surface area contributed by atoms with Crippen LogP contribution in [-0.4, -0.2) is 89.1 Å². The van der Waals surface area contributed by atoms with Crippen molar-refractivity contribution in [2.75, 3.05) is 66.6 Å². The zero-order valence-corrected chi connectivity index (χ0v) is 17.7. The maximum atomic E-state index is 13.0. The molecule has 1 aliphatic heterocycles. The zero-order valence-electron chi connectivity index (χ0n) is 16.8. The Labute approximate surface area is 168 Å². The van der Waals surface area contributed by atoms with Crippen LogP contribution in [0.5, 0.6) is 11.5 Å². The van der Waals surface area contributed by atoms with Gasteiger partial charge >= 0.3 is 0 Å². The molecule has 1 heterocycles. The summed E-state index contributed by atoms with van der Waals surface area (Å²) in [7, 11) is -0.538. The van der Waals surface area contributed by atoms with E-state index in [-0.39, 0.29) is 4.90 Å². The van der Waals surface area contributed by atoms with Crippen LogP contribution >= 0.6 is 0 Å². The molecule has 0 unspecified atom stereocenters. The zero-order chi connectivity index (χ0) is 20.6. The Balaban J connectivity index is 1.96. The molecule has 1 saturated heterocycles. The van der Waals surface area contributed by atoms with E-state index in [1.807, 2.05) is 12.2 Å². The summed E-state index contributed by atoms with van der Waals surface area (Å²) in [4.78, 5) is 4.77. The SMILES string of the molecule is C=CCN(CC=C)CCN1CCN(S(=O)(=O)c2ccc(OC)c(OC)c2)CC1. The third kappa shape index (κ3) is 5.57. The van der Waals surface area contributed by atoms with E-state index in [1.165, 1.54) is 24.6 Å². The highest BCUT2D eigenvalue weighted by atomic mass is 32.2. The first-order chi connectivity index (χ1) is 13.5. The van der Waals surface area contributed by atoms with Crippen molar-refractivity contribution in [3.8, 4) is 11.5 Å². The lowest BCUT2D eigenvalue weighted by molar-refractivity contribution is 0.167. The summed E-state index contributed by atoms with van der Waals surface area (Å²) in [6.07, 6.45) is 3.77. The van der Waals surface area contributed by atoms with Gasteiger partial charge in [0.25, 0.3) is 0 Å². The van der Waals surface area contributed by atoms with Crippen LogP contribution in [-0.2, 0) is 10.0 Å². The minimum atomic E-state index is -3.56. The van der Waals surface area contributed by atoms with Crippen LogP contribution < -0.4 is 9.47 Å².